The lowest BCUT2D eigenvalue weighted by atomic mass is 11.5. The number of halogens is 12. The van der Waals surface area contributed by atoms with Crippen LogP contribution in [0.25, 0.3) is 0 Å². The summed E-state index contributed by atoms with van der Waals surface area (Å²) in [6, 6.07) is 0. The summed E-state index contributed by atoms with van der Waals surface area (Å²) in [7, 11) is -14.3. The van der Waals surface area contributed by atoms with Crippen LogP contribution in [0.2, 0.25) is 13.1 Å². The normalized spacial score (nSPS) is 15.3. The number of rotatable bonds is 2. The van der Waals surface area contributed by atoms with Crippen LogP contribution in [0.3, 0.4) is 0 Å². The minimum Gasteiger partial charge on any atom is -0.260 e. The van der Waals surface area contributed by atoms with Gasteiger partial charge in [0.25, 0.3) is 0 Å². The molecule has 0 rings (SSSR count). The Morgan fingerprint density at radius 3 is 0.826 bits per heavy atom. The first-order chi connectivity index (χ1) is 9.68. The van der Waals surface area contributed by atoms with Gasteiger partial charge in [0.1, 0.15) is 0 Å². The van der Waals surface area contributed by atoms with Gasteiger partial charge in [-0.2, -0.15) is 52.7 Å². The van der Waals surface area contributed by atoms with Crippen LogP contribution < -0.4 is 0 Å². The molecule has 0 N–H and O–H groups in total. The first-order valence-electron chi connectivity index (χ1n) is 4.90. The molecule has 0 aromatic heterocycles. The van der Waals surface area contributed by atoms with Crippen LogP contribution in [-0.2, 0) is 21.4 Å². The van der Waals surface area contributed by atoms with E-state index in [4.69, 9.17) is 0 Å². The number of alkyl halides is 12. The number of nitrogens with zero attached hydrogens (tertiary/aromatic N) is 2. The Labute approximate surface area is 126 Å². The summed E-state index contributed by atoms with van der Waals surface area (Å²) in [5, 5.41) is 0. The summed E-state index contributed by atoms with van der Waals surface area (Å²) >= 11 is 0. The maximum atomic E-state index is 12.3. The Hall–Kier alpha value is -0.323. The summed E-state index contributed by atoms with van der Waals surface area (Å²) < 4.78 is 152. The molecule has 0 unspecified atom stereocenters. The number of hydrogen-bond donors (Lipinski definition) is 0. The lowest BCUT2D eigenvalue weighted by molar-refractivity contribution is -0.0762. The molecule has 23 heavy (non-hydrogen) atoms. The molecule has 0 saturated carbocycles. The molecule has 0 aromatic carbocycles. The van der Waals surface area contributed by atoms with Gasteiger partial charge in [-0.05, 0) is 13.1 Å². The predicted molar refractivity (Wildman–Crippen MR) is 61.3 cm³/mol. The zero-order chi connectivity index (χ0) is 19.1. The van der Waals surface area contributed by atoms with Gasteiger partial charge in [0, 0.05) is 0 Å². The first kappa shape index (κ1) is 22.7. The maximum Gasteiger partial charge on any atom is 0.459 e. The fourth-order valence-electron chi connectivity index (χ4n) is 0.933. The second-order valence-electron chi connectivity index (χ2n) is 4.03. The molecule has 140 valence electrons. The molecule has 0 fully saturated rings. The quantitative estimate of drug-likeness (QED) is 0.419. The molecule has 0 atom stereocenters. The molecule has 0 saturated heterocycles. The van der Waals surface area contributed by atoms with Crippen LogP contribution in [0.1, 0.15) is 0 Å². The second kappa shape index (κ2) is 6.53. The highest BCUT2D eigenvalue weighted by Gasteiger charge is 2.55. The Morgan fingerprint density at radius 2 is 0.696 bits per heavy atom. The Balaban J connectivity index is 6.25. The molecular formula is C6H6F12N2S2Si. The second-order valence-corrected chi connectivity index (χ2v) is 11.5. The zero-order valence-corrected chi connectivity index (χ0v) is 13.4. The summed E-state index contributed by atoms with van der Waals surface area (Å²) in [5.74, 6) is 0. The minimum atomic E-state index is -5.99. The van der Waals surface area contributed by atoms with Crippen LogP contribution >= 0.6 is 0 Å². The van der Waals surface area contributed by atoms with Crippen molar-refractivity contribution in [3.8, 4) is 0 Å². The smallest absolute Gasteiger partial charge is 0.260 e. The van der Waals surface area contributed by atoms with Gasteiger partial charge in [-0.3, -0.25) is 8.06 Å². The van der Waals surface area contributed by atoms with Crippen LogP contribution in [-0.4, -0.2) is 30.4 Å². The zero-order valence-electron chi connectivity index (χ0n) is 10.7. The summed E-state index contributed by atoms with van der Waals surface area (Å²) in [4.78, 5) is 0. The first-order valence-corrected chi connectivity index (χ1v) is 10.2. The third-order valence-corrected chi connectivity index (χ3v) is 8.30. The molecule has 0 amide bonds. The van der Waals surface area contributed by atoms with Crippen molar-refractivity contribution in [3.05, 3.63) is 0 Å². The van der Waals surface area contributed by atoms with Gasteiger partial charge in [-0.1, -0.05) is 0 Å². The third kappa shape index (κ3) is 7.40. The molecule has 0 radical (unpaired) electrons. The van der Waals surface area contributed by atoms with E-state index in [0.717, 1.165) is 0 Å². The molecule has 0 aliphatic heterocycles. The third-order valence-electron chi connectivity index (χ3n) is 1.51. The number of hydrogen-bond acceptors (Lipinski definition) is 2. The van der Waals surface area contributed by atoms with Gasteiger partial charge in [-0.25, -0.2) is 0 Å². The molecular weight excluding hydrogens is 420 g/mol. The van der Waals surface area contributed by atoms with Gasteiger partial charge in [-0.15, -0.1) is 0 Å². The Bertz CT molecular complexity index is 420. The van der Waals surface area contributed by atoms with E-state index in [1.165, 1.54) is 0 Å². The fraction of sp³-hybridized carbons (Fsp3) is 1.00. The minimum absolute atomic E-state index is 0.321. The molecule has 0 aliphatic carbocycles. The average molecular weight is 426 g/mol. The molecule has 0 heterocycles. The van der Waals surface area contributed by atoms with Crippen LogP contribution in [0.5, 0.6) is 0 Å². The molecule has 17 heteroatoms. The lowest BCUT2D eigenvalue weighted by Crippen LogP contribution is -2.37. The van der Waals surface area contributed by atoms with Crippen molar-refractivity contribution in [2.24, 2.45) is 8.06 Å². The van der Waals surface area contributed by atoms with E-state index in [2.05, 4.69) is 8.06 Å². The largest absolute Gasteiger partial charge is 0.459 e. The van der Waals surface area contributed by atoms with Gasteiger partial charge >= 0.3 is 30.4 Å². The SMILES string of the molecule is C[Si](C)(N=S(C(F)(F)F)C(F)(F)F)N=S(C(F)(F)F)C(F)(F)F. The van der Waals surface area contributed by atoms with Gasteiger partial charge in [0.05, 0.1) is 21.4 Å². The van der Waals surface area contributed by atoms with E-state index >= 15 is 0 Å². The van der Waals surface area contributed by atoms with Crippen molar-refractivity contribution in [2.45, 2.75) is 35.1 Å². The van der Waals surface area contributed by atoms with Crippen molar-refractivity contribution >= 4 is 29.8 Å². The summed E-state index contributed by atoms with van der Waals surface area (Å²) in [6.07, 6.45) is 0. The topological polar surface area (TPSA) is 24.7 Å². The van der Waals surface area contributed by atoms with Crippen LogP contribution in [0.4, 0.5) is 52.7 Å². The van der Waals surface area contributed by atoms with E-state index < -0.39 is 51.8 Å². The predicted octanol–water partition coefficient (Wildman–Crippen LogP) is 5.37. The highest BCUT2D eigenvalue weighted by atomic mass is 32.2. The van der Waals surface area contributed by atoms with Crippen molar-refractivity contribution in [3.63, 3.8) is 0 Å². The van der Waals surface area contributed by atoms with Crippen molar-refractivity contribution in [2.75, 3.05) is 0 Å². The van der Waals surface area contributed by atoms with Crippen LogP contribution in [0.15, 0.2) is 8.06 Å². The Kier molecular flexibility index (Phi) is 6.44. The Morgan fingerprint density at radius 1 is 0.522 bits per heavy atom. The highest BCUT2D eigenvalue weighted by Crippen LogP contribution is 2.39. The van der Waals surface area contributed by atoms with Gasteiger partial charge in [0.2, 0.25) is 0 Å². The van der Waals surface area contributed by atoms with Gasteiger partial charge in [0.15, 0.2) is 0 Å². The highest BCUT2D eigenvalue weighted by molar-refractivity contribution is 7.91. The lowest BCUT2D eigenvalue weighted by Gasteiger charge is -2.22. The van der Waals surface area contributed by atoms with E-state index in [1.807, 2.05) is 0 Å². The summed E-state index contributed by atoms with van der Waals surface area (Å²) in [5.41, 5.74) is -24.0. The summed E-state index contributed by atoms with van der Waals surface area (Å²) in [6.45, 7) is 0.643. The molecule has 0 bridgehead atoms. The maximum absolute atomic E-state index is 12.3. The molecule has 0 aromatic rings. The van der Waals surface area contributed by atoms with Crippen LogP contribution in [0, 0.1) is 0 Å². The fourth-order valence-corrected chi connectivity index (χ4v) is 7.12. The van der Waals surface area contributed by atoms with E-state index in [-0.39, 0.29) is 0 Å². The molecule has 0 spiro atoms. The average Bonchev–Trinajstić information content (AvgIpc) is 2.16. The van der Waals surface area contributed by atoms with E-state index in [0.29, 0.717) is 13.1 Å². The van der Waals surface area contributed by atoms with Crippen molar-refractivity contribution in [1.82, 2.24) is 0 Å². The van der Waals surface area contributed by atoms with Crippen molar-refractivity contribution in [1.29, 1.82) is 0 Å². The van der Waals surface area contributed by atoms with Gasteiger partial charge < -0.3 is 0 Å². The molecule has 0 aliphatic rings. The van der Waals surface area contributed by atoms with Crippen molar-refractivity contribution < 1.29 is 52.7 Å². The van der Waals surface area contributed by atoms with E-state index in [9.17, 15) is 52.7 Å². The monoisotopic (exact) mass is 426 g/mol. The van der Waals surface area contributed by atoms with E-state index in [1.54, 1.807) is 0 Å². The standard InChI is InChI=1S/C6H6F12N2S2Si/c1-23(2,19-21(3(7,8)9)4(10,11)12)20-22(5(13,14)15)6(16,17)18/h1-2H3. The molecule has 2 nitrogen and oxygen atoms in total.